The van der Waals surface area contributed by atoms with Crippen molar-refractivity contribution >= 4 is 11.7 Å². The topological polar surface area (TPSA) is 76.1 Å². The van der Waals surface area contributed by atoms with Crippen LogP contribution in [0.3, 0.4) is 0 Å². The molecule has 0 amide bonds. The number of esters is 1. The minimum absolute atomic E-state index is 0.291. The van der Waals surface area contributed by atoms with Gasteiger partial charge in [-0.25, -0.2) is 4.79 Å². The number of hydrogen-bond donors (Lipinski definition) is 1. The van der Waals surface area contributed by atoms with E-state index in [1.54, 1.807) is 0 Å². The highest BCUT2D eigenvalue weighted by molar-refractivity contribution is 5.90. The van der Waals surface area contributed by atoms with E-state index in [0.717, 1.165) is 0 Å². The third kappa shape index (κ3) is 1.97. The van der Waals surface area contributed by atoms with Gasteiger partial charge in [0.2, 0.25) is 0 Å². The van der Waals surface area contributed by atoms with Gasteiger partial charge >= 0.3 is 5.97 Å². The Morgan fingerprint density at radius 2 is 2.23 bits per heavy atom. The van der Waals surface area contributed by atoms with E-state index in [1.165, 1.54) is 25.3 Å². The van der Waals surface area contributed by atoms with E-state index in [1.807, 2.05) is 6.07 Å². The summed E-state index contributed by atoms with van der Waals surface area (Å²) in [6.45, 7) is 0. The molecule has 0 saturated heterocycles. The van der Waals surface area contributed by atoms with Crippen LogP contribution in [0.1, 0.15) is 15.9 Å². The molecular formula is C9H8N2O2. The Kier molecular flexibility index (Phi) is 2.50. The van der Waals surface area contributed by atoms with Crippen molar-refractivity contribution in [3.8, 4) is 6.07 Å². The average molecular weight is 176 g/mol. The van der Waals surface area contributed by atoms with Gasteiger partial charge in [-0.1, -0.05) is 0 Å². The number of anilines is 1. The summed E-state index contributed by atoms with van der Waals surface area (Å²) in [5.41, 5.74) is 6.48. The molecule has 4 heteroatoms. The molecule has 1 aromatic rings. The number of rotatable bonds is 1. The minimum atomic E-state index is -0.496. The van der Waals surface area contributed by atoms with Gasteiger partial charge in [-0.05, 0) is 18.2 Å². The summed E-state index contributed by atoms with van der Waals surface area (Å²) in [6, 6.07) is 6.29. The molecule has 2 N–H and O–H groups in total. The fraction of sp³-hybridized carbons (Fsp3) is 0.111. The van der Waals surface area contributed by atoms with Crippen molar-refractivity contribution in [2.45, 2.75) is 0 Å². The van der Waals surface area contributed by atoms with Gasteiger partial charge in [-0.2, -0.15) is 5.26 Å². The van der Waals surface area contributed by atoms with E-state index in [4.69, 9.17) is 11.0 Å². The van der Waals surface area contributed by atoms with Gasteiger partial charge in [0.05, 0.1) is 24.3 Å². The van der Waals surface area contributed by atoms with Crippen molar-refractivity contribution in [3.63, 3.8) is 0 Å². The Bertz CT molecular complexity index is 380. The first-order valence-electron chi connectivity index (χ1n) is 3.56. The van der Waals surface area contributed by atoms with Gasteiger partial charge in [-0.15, -0.1) is 0 Å². The molecule has 4 nitrogen and oxygen atoms in total. The second-order valence-electron chi connectivity index (χ2n) is 2.45. The van der Waals surface area contributed by atoms with Crippen molar-refractivity contribution in [1.29, 1.82) is 5.26 Å². The molecule has 13 heavy (non-hydrogen) atoms. The van der Waals surface area contributed by atoms with E-state index in [9.17, 15) is 4.79 Å². The monoisotopic (exact) mass is 176 g/mol. The quantitative estimate of drug-likeness (QED) is 0.510. The smallest absolute Gasteiger partial charge is 0.337 e. The number of carbonyl (C=O) groups is 1. The van der Waals surface area contributed by atoms with Crippen LogP contribution in [0.2, 0.25) is 0 Å². The van der Waals surface area contributed by atoms with Crippen molar-refractivity contribution in [1.82, 2.24) is 0 Å². The zero-order valence-corrected chi connectivity index (χ0v) is 7.07. The highest BCUT2D eigenvalue weighted by atomic mass is 16.5. The lowest BCUT2D eigenvalue weighted by Gasteiger charge is -2.00. The first-order valence-corrected chi connectivity index (χ1v) is 3.56. The Labute approximate surface area is 75.5 Å². The molecule has 0 radical (unpaired) electrons. The number of nitrogens with zero attached hydrogens (tertiary/aromatic N) is 1. The Morgan fingerprint density at radius 3 is 2.77 bits per heavy atom. The van der Waals surface area contributed by atoms with E-state index >= 15 is 0 Å². The predicted molar refractivity (Wildman–Crippen MR) is 46.9 cm³/mol. The van der Waals surface area contributed by atoms with Gasteiger partial charge in [-0.3, -0.25) is 0 Å². The lowest BCUT2D eigenvalue weighted by Crippen LogP contribution is -2.02. The normalized spacial score (nSPS) is 8.92. The average Bonchev–Trinajstić information content (AvgIpc) is 2.15. The molecule has 0 aromatic heterocycles. The largest absolute Gasteiger partial charge is 0.465 e. The molecule has 0 fully saturated rings. The van der Waals surface area contributed by atoms with Crippen molar-refractivity contribution in [2.75, 3.05) is 12.8 Å². The summed E-state index contributed by atoms with van der Waals surface area (Å²) >= 11 is 0. The summed E-state index contributed by atoms with van der Waals surface area (Å²) < 4.78 is 4.49. The van der Waals surface area contributed by atoms with Gasteiger partial charge in [0.1, 0.15) is 0 Å². The SMILES string of the molecule is COC(=O)c1cc(N)cc(C#N)c1. The maximum Gasteiger partial charge on any atom is 0.337 e. The van der Waals surface area contributed by atoms with E-state index in [2.05, 4.69) is 4.74 Å². The molecule has 1 aromatic carbocycles. The van der Waals surface area contributed by atoms with Crippen molar-refractivity contribution < 1.29 is 9.53 Å². The molecule has 0 atom stereocenters. The van der Waals surface area contributed by atoms with Gasteiger partial charge in [0.25, 0.3) is 0 Å². The molecule has 0 aliphatic carbocycles. The lowest BCUT2D eigenvalue weighted by atomic mass is 10.1. The number of ether oxygens (including phenoxy) is 1. The number of nitrogens with two attached hydrogens (primary N) is 1. The van der Waals surface area contributed by atoms with Crippen LogP contribution in [0.25, 0.3) is 0 Å². The first kappa shape index (κ1) is 9.07. The van der Waals surface area contributed by atoms with Crippen molar-refractivity contribution in [3.05, 3.63) is 29.3 Å². The highest BCUT2D eigenvalue weighted by Gasteiger charge is 2.06. The predicted octanol–water partition coefficient (Wildman–Crippen LogP) is 0.927. The van der Waals surface area contributed by atoms with Crippen LogP contribution in [0.15, 0.2) is 18.2 Å². The molecule has 0 saturated carbocycles. The maximum atomic E-state index is 11.0. The number of benzene rings is 1. The summed E-state index contributed by atoms with van der Waals surface area (Å²) in [4.78, 5) is 11.0. The van der Waals surface area contributed by atoms with Crippen LogP contribution < -0.4 is 5.73 Å². The zero-order chi connectivity index (χ0) is 9.84. The van der Waals surface area contributed by atoms with Crippen LogP contribution in [0.5, 0.6) is 0 Å². The molecule has 0 aliphatic heterocycles. The Hall–Kier alpha value is -2.02. The van der Waals surface area contributed by atoms with Crippen LogP contribution >= 0.6 is 0 Å². The van der Waals surface area contributed by atoms with Crippen LogP contribution in [-0.2, 0) is 4.74 Å². The van der Waals surface area contributed by atoms with Gasteiger partial charge in [0.15, 0.2) is 0 Å². The van der Waals surface area contributed by atoms with E-state index < -0.39 is 5.97 Å². The fourth-order valence-corrected chi connectivity index (χ4v) is 0.952. The third-order valence-corrected chi connectivity index (χ3v) is 1.51. The van der Waals surface area contributed by atoms with Crippen LogP contribution in [0.4, 0.5) is 5.69 Å². The van der Waals surface area contributed by atoms with Crippen LogP contribution in [-0.4, -0.2) is 13.1 Å². The molecule has 0 spiro atoms. The minimum Gasteiger partial charge on any atom is -0.465 e. The number of nitrogen functional groups attached to an aromatic ring is 1. The molecule has 66 valence electrons. The second kappa shape index (κ2) is 3.59. The molecule has 0 bridgehead atoms. The number of methoxy groups -OCH3 is 1. The Balaban J connectivity index is 3.17. The third-order valence-electron chi connectivity index (χ3n) is 1.51. The fourth-order valence-electron chi connectivity index (χ4n) is 0.952. The van der Waals surface area contributed by atoms with E-state index in [-0.39, 0.29) is 0 Å². The molecule has 0 heterocycles. The summed E-state index contributed by atoms with van der Waals surface area (Å²) in [7, 11) is 1.28. The second-order valence-corrected chi connectivity index (χ2v) is 2.45. The molecular weight excluding hydrogens is 168 g/mol. The van der Waals surface area contributed by atoms with Crippen LogP contribution in [0, 0.1) is 11.3 Å². The molecule has 0 aliphatic rings. The first-order chi connectivity index (χ1) is 6.17. The summed E-state index contributed by atoms with van der Waals surface area (Å²) in [5, 5.41) is 8.58. The number of nitriles is 1. The lowest BCUT2D eigenvalue weighted by molar-refractivity contribution is 0.0601. The van der Waals surface area contributed by atoms with E-state index in [0.29, 0.717) is 16.8 Å². The maximum absolute atomic E-state index is 11.0. The van der Waals surface area contributed by atoms with Gasteiger partial charge in [0, 0.05) is 5.69 Å². The summed E-state index contributed by atoms with van der Waals surface area (Å²) in [5.74, 6) is -0.496. The molecule has 1 rings (SSSR count). The highest BCUT2D eigenvalue weighted by Crippen LogP contribution is 2.11. The molecule has 0 unspecified atom stereocenters. The number of carbonyl (C=O) groups excluding carboxylic acids is 1. The summed E-state index contributed by atoms with van der Waals surface area (Å²) in [6.07, 6.45) is 0. The standard InChI is InChI=1S/C9H8N2O2/c1-13-9(12)7-2-6(5-10)3-8(11)4-7/h2-4H,11H2,1H3. The Morgan fingerprint density at radius 1 is 1.54 bits per heavy atom. The zero-order valence-electron chi connectivity index (χ0n) is 7.07. The van der Waals surface area contributed by atoms with Gasteiger partial charge < -0.3 is 10.5 Å². The number of hydrogen-bond acceptors (Lipinski definition) is 4. The van der Waals surface area contributed by atoms with Crippen molar-refractivity contribution in [2.24, 2.45) is 0 Å².